The lowest BCUT2D eigenvalue weighted by atomic mass is 9.85. The summed E-state index contributed by atoms with van der Waals surface area (Å²) < 4.78 is 51.3. The first-order chi connectivity index (χ1) is 13.2. The number of alkyl halides is 3. The zero-order chi connectivity index (χ0) is 20.6. The number of esters is 1. The van der Waals surface area contributed by atoms with Crippen molar-refractivity contribution in [3.8, 4) is 11.8 Å². The van der Waals surface area contributed by atoms with Crippen LogP contribution < -0.4 is 10.5 Å². The first-order valence-corrected chi connectivity index (χ1v) is 9.06. The highest BCUT2D eigenvalue weighted by molar-refractivity contribution is 7.12. The van der Waals surface area contributed by atoms with E-state index in [2.05, 4.69) is 0 Å². The molecule has 2 aromatic rings. The van der Waals surface area contributed by atoms with Crippen LogP contribution in [0.2, 0.25) is 0 Å². The molecule has 1 aromatic carbocycles. The second-order valence-corrected chi connectivity index (χ2v) is 7.21. The van der Waals surface area contributed by atoms with Crippen molar-refractivity contribution in [2.45, 2.75) is 25.9 Å². The average molecular weight is 408 g/mol. The van der Waals surface area contributed by atoms with E-state index in [0.29, 0.717) is 9.75 Å². The third kappa shape index (κ3) is 3.20. The second kappa shape index (κ2) is 7.20. The lowest BCUT2D eigenvalue weighted by Crippen LogP contribution is -2.23. The van der Waals surface area contributed by atoms with E-state index in [1.54, 1.807) is 13.8 Å². The van der Waals surface area contributed by atoms with Crippen molar-refractivity contribution in [1.29, 1.82) is 5.26 Å². The van der Waals surface area contributed by atoms with E-state index >= 15 is 0 Å². The lowest BCUT2D eigenvalue weighted by molar-refractivity contribution is -0.138. The summed E-state index contributed by atoms with van der Waals surface area (Å²) in [5, 5.41) is 9.55. The summed E-state index contributed by atoms with van der Waals surface area (Å²) in [6, 6.07) is 6.83. The van der Waals surface area contributed by atoms with Gasteiger partial charge in [-0.1, -0.05) is 18.2 Å². The van der Waals surface area contributed by atoms with Gasteiger partial charge in [-0.3, -0.25) is 0 Å². The highest BCUT2D eigenvalue weighted by atomic mass is 32.1. The maximum absolute atomic E-state index is 13.6. The van der Waals surface area contributed by atoms with Gasteiger partial charge in [0, 0.05) is 4.88 Å². The van der Waals surface area contributed by atoms with E-state index in [4.69, 9.17) is 15.2 Å². The molecule has 2 N–H and O–H groups in total. The number of carbonyl (C=O) groups excluding carboxylic acids is 1. The standard InChI is InChI=1S/C19H15F3N2O3S/c1-3-26-18(25)13-9(2)28-16-14(11(8-23)17(24)27-15(13)16)10-6-4-5-7-12(10)19(20,21)22/h4-7,14H,3,24H2,1-2H3. The Morgan fingerprint density at radius 1 is 1.39 bits per heavy atom. The van der Waals surface area contributed by atoms with Gasteiger partial charge in [-0.15, -0.1) is 11.3 Å². The summed E-state index contributed by atoms with van der Waals surface area (Å²) in [4.78, 5) is 13.1. The zero-order valence-corrected chi connectivity index (χ0v) is 15.7. The third-order valence-electron chi connectivity index (χ3n) is 4.27. The van der Waals surface area contributed by atoms with Gasteiger partial charge >= 0.3 is 12.1 Å². The Hall–Kier alpha value is -2.99. The van der Waals surface area contributed by atoms with E-state index in [0.717, 1.165) is 17.4 Å². The van der Waals surface area contributed by atoms with Gasteiger partial charge < -0.3 is 15.2 Å². The minimum absolute atomic E-state index is 0.0411. The summed E-state index contributed by atoms with van der Waals surface area (Å²) >= 11 is 1.08. The number of halogens is 3. The maximum Gasteiger partial charge on any atom is 0.416 e. The molecule has 0 saturated heterocycles. The first-order valence-electron chi connectivity index (χ1n) is 8.24. The van der Waals surface area contributed by atoms with Gasteiger partial charge in [0.1, 0.15) is 17.2 Å². The van der Waals surface area contributed by atoms with E-state index in [1.165, 1.54) is 18.2 Å². The third-order valence-corrected chi connectivity index (χ3v) is 5.42. The van der Waals surface area contributed by atoms with Crippen molar-refractivity contribution in [2.24, 2.45) is 5.73 Å². The number of hydrogen-bond acceptors (Lipinski definition) is 6. The number of allylic oxidation sites excluding steroid dienone is 1. The number of aryl methyl sites for hydroxylation is 1. The Labute approximate surface area is 162 Å². The molecular weight excluding hydrogens is 393 g/mol. The van der Waals surface area contributed by atoms with Gasteiger partial charge in [0.25, 0.3) is 0 Å². The van der Waals surface area contributed by atoms with Crippen molar-refractivity contribution >= 4 is 17.3 Å². The summed E-state index contributed by atoms with van der Waals surface area (Å²) in [7, 11) is 0. The van der Waals surface area contributed by atoms with E-state index in [-0.39, 0.29) is 34.9 Å². The summed E-state index contributed by atoms with van der Waals surface area (Å²) in [6.07, 6.45) is -4.62. The van der Waals surface area contributed by atoms with Crippen LogP contribution in [-0.4, -0.2) is 12.6 Å². The number of nitrogens with zero attached hydrogens (tertiary/aromatic N) is 1. The summed E-state index contributed by atoms with van der Waals surface area (Å²) in [6.45, 7) is 3.39. The zero-order valence-electron chi connectivity index (χ0n) is 14.9. The van der Waals surface area contributed by atoms with Gasteiger partial charge in [-0.25, -0.2) is 4.79 Å². The Balaban J connectivity index is 2.29. The van der Waals surface area contributed by atoms with Crippen LogP contribution in [0.3, 0.4) is 0 Å². The normalized spacial score (nSPS) is 16.2. The van der Waals surface area contributed by atoms with Gasteiger partial charge in [-0.2, -0.15) is 18.4 Å². The molecule has 28 heavy (non-hydrogen) atoms. The maximum atomic E-state index is 13.6. The molecule has 0 saturated carbocycles. The molecule has 0 radical (unpaired) electrons. The molecule has 0 fully saturated rings. The fourth-order valence-electron chi connectivity index (χ4n) is 3.14. The van der Waals surface area contributed by atoms with Crippen LogP contribution >= 0.6 is 11.3 Å². The first kappa shape index (κ1) is 19.8. The van der Waals surface area contributed by atoms with E-state index < -0.39 is 23.6 Å². The Morgan fingerprint density at radius 3 is 2.68 bits per heavy atom. The number of hydrogen-bond donors (Lipinski definition) is 1. The molecule has 0 amide bonds. The molecule has 1 unspecified atom stereocenters. The fraction of sp³-hybridized carbons (Fsp3) is 0.263. The molecule has 1 aliphatic heterocycles. The van der Waals surface area contributed by atoms with Crippen LogP contribution in [-0.2, 0) is 10.9 Å². The van der Waals surface area contributed by atoms with Crippen LogP contribution in [0.25, 0.3) is 0 Å². The molecule has 3 rings (SSSR count). The molecule has 1 aliphatic rings. The smallest absolute Gasteiger partial charge is 0.416 e. The van der Waals surface area contributed by atoms with Crippen molar-refractivity contribution in [3.63, 3.8) is 0 Å². The summed E-state index contributed by atoms with van der Waals surface area (Å²) in [5.41, 5.74) is 4.81. The van der Waals surface area contributed by atoms with Gasteiger partial charge in [-0.05, 0) is 25.5 Å². The summed E-state index contributed by atoms with van der Waals surface area (Å²) in [5.74, 6) is -2.05. The van der Waals surface area contributed by atoms with Crippen LogP contribution in [0.15, 0.2) is 35.7 Å². The predicted octanol–water partition coefficient (Wildman–Crippen LogP) is 4.47. The molecule has 146 valence electrons. The molecular formula is C19H15F3N2O3S. The predicted molar refractivity (Wildman–Crippen MR) is 95.8 cm³/mol. The minimum atomic E-state index is -4.62. The van der Waals surface area contributed by atoms with E-state index in [9.17, 15) is 23.2 Å². The number of nitriles is 1. The number of nitrogens with two attached hydrogens (primary N) is 1. The van der Waals surface area contributed by atoms with Crippen molar-refractivity contribution in [2.75, 3.05) is 6.61 Å². The quantitative estimate of drug-likeness (QED) is 0.758. The number of carbonyl (C=O) groups is 1. The largest absolute Gasteiger partial charge is 0.462 e. The minimum Gasteiger partial charge on any atom is -0.462 e. The molecule has 2 heterocycles. The molecule has 0 bridgehead atoms. The topological polar surface area (TPSA) is 85.3 Å². The number of ether oxygens (including phenoxy) is 2. The van der Waals surface area contributed by atoms with Gasteiger partial charge in [0.05, 0.1) is 23.0 Å². The highest BCUT2D eigenvalue weighted by Crippen LogP contribution is 2.51. The molecule has 0 spiro atoms. The van der Waals surface area contributed by atoms with Crippen LogP contribution in [0, 0.1) is 18.3 Å². The Bertz CT molecular complexity index is 1020. The number of fused-ring (bicyclic) bond motifs is 1. The fourth-order valence-corrected chi connectivity index (χ4v) is 4.35. The Morgan fingerprint density at radius 2 is 2.07 bits per heavy atom. The monoisotopic (exact) mass is 408 g/mol. The molecule has 0 aliphatic carbocycles. The lowest BCUT2D eigenvalue weighted by Gasteiger charge is -2.26. The SMILES string of the molecule is CCOC(=O)c1c(C)sc2c1OC(N)=C(C#N)C2c1ccccc1C(F)(F)F. The number of thiophene rings is 1. The van der Waals surface area contributed by atoms with Crippen molar-refractivity contribution in [3.05, 3.63) is 62.2 Å². The van der Waals surface area contributed by atoms with E-state index in [1.807, 2.05) is 6.07 Å². The number of benzene rings is 1. The molecule has 5 nitrogen and oxygen atoms in total. The molecule has 1 atom stereocenters. The second-order valence-electron chi connectivity index (χ2n) is 5.96. The molecule has 1 aromatic heterocycles. The van der Waals surface area contributed by atoms with Crippen LogP contribution in [0.1, 0.15) is 44.1 Å². The van der Waals surface area contributed by atoms with Crippen LogP contribution in [0.5, 0.6) is 5.75 Å². The van der Waals surface area contributed by atoms with Crippen molar-refractivity contribution in [1.82, 2.24) is 0 Å². The highest BCUT2D eigenvalue weighted by Gasteiger charge is 2.42. The van der Waals surface area contributed by atoms with Crippen molar-refractivity contribution < 1.29 is 27.4 Å². The average Bonchev–Trinajstić information content (AvgIpc) is 2.95. The van der Waals surface area contributed by atoms with Gasteiger partial charge in [0.2, 0.25) is 5.88 Å². The number of rotatable bonds is 3. The van der Waals surface area contributed by atoms with Gasteiger partial charge in [0.15, 0.2) is 5.75 Å². The molecule has 9 heteroatoms. The van der Waals surface area contributed by atoms with Crippen LogP contribution in [0.4, 0.5) is 13.2 Å². The Kier molecular flexibility index (Phi) is 5.08.